The highest BCUT2D eigenvalue weighted by Gasteiger charge is 2.30. The molecule has 1 unspecified atom stereocenters. The van der Waals surface area contributed by atoms with Crippen molar-refractivity contribution in [1.29, 1.82) is 0 Å². The molecular formula is C19H20BrN3O4. The van der Waals surface area contributed by atoms with Crippen LogP contribution in [0.1, 0.15) is 30.3 Å². The van der Waals surface area contributed by atoms with Crippen molar-refractivity contribution in [2.75, 3.05) is 20.8 Å². The Morgan fingerprint density at radius 3 is 2.78 bits per heavy atom. The van der Waals surface area contributed by atoms with Crippen molar-refractivity contribution < 1.29 is 18.3 Å². The fourth-order valence-electron chi connectivity index (χ4n) is 3.48. The predicted octanol–water partition coefficient (Wildman–Crippen LogP) is 4.45. The molecule has 3 aromatic rings. The number of hydrogen-bond donors (Lipinski definition) is 0. The average Bonchev–Trinajstić information content (AvgIpc) is 3.42. The monoisotopic (exact) mass is 433 g/mol. The van der Waals surface area contributed by atoms with Gasteiger partial charge in [-0.1, -0.05) is 6.07 Å². The lowest BCUT2D eigenvalue weighted by atomic mass is 10.0. The smallest absolute Gasteiger partial charge is 0.283 e. The van der Waals surface area contributed by atoms with Crippen LogP contribution in [0.3, 0.4) is 0 Å². The summed E-state index contributed by atoms with van der Waals surface area (Å²) in [6.07, 6.45) is 2.15. The Morgan fingerprint density at radius 1 is 1.15 bits per heavy atom. The fraction of sp³-hybridized carbons (Fsp3) is 0.368. The molecule has 4 rings (SSSR count). The molecule has 2 aromatic heterocycles. The molecule has 0 aliphatic carbocycles. The van der Waals surface area contributed by atoms with Gasteiger partial charge < -0.3 is 18.3 Å². The van der Waals surface area contributed by atoms with Gasteiger partial charge >= 0.3 is 0 Å². The number of ether oxygens (including phenoxy) is 2. The number of halogens is 1. The molecule has 142 valence electrons. The van der Waals surface area contributed by atoms with Crippen LogP contribution < -0.4 is 9.47 Å². The van der Waals surface area contributed by atoms with Crippen LogP contribution in [0.4, 0.5) is 0 Å². The molecule has 7 nitrogen and oxygen atoms in total. The van der Waals surface area contributed by atoms with Crippen LogP contribution in [-0.4, -0.2) is 35.9 Å². The summed E-state index contributed by atoms with van der Waals surface area (Å²) in [4.78, 5) is 2.33. The first-order chi connectivity index (χ1) is 13.2. The molecule has 1 aliphatic rings. The van der Waals surface area contributed by atoms with Crippen LogP contribution in [0.5, 0.6) is 11.5 Å². The Hall–Kier alpha value is -2.32. The maximum absolute atomic E-state index is 5.79. The summed E-state index contributed by atoms with van der Waals surface area (Å²) in [7, 11) is 3.34. The van der Waals surface area contributed by atoms with E-state index in [9.17, 15) is 0 Å². The Bertz CT molecular complexity index is 923. The van der Waals surface area contributed by atoms with Crippen molar-refractivity contribution >= 4 is 15.9 Å². The summed E-state index contributed by atoms with van der Waals surface area (Å²) in [5, 5.41) is 8.28. The summed E-state index contributed by atoms with van der Waals surface area (Å²) >= 11 is 3.28. The van der Waals surface area contributed by atoms with E-state index in [4.69, 9.17) is 18.3 Å². The minimum atomic E-state index is 0.235. The van der Waals surface area contributed by atoms with E-state index in [0.717, 1.165) is 36.4 Å². The van der Waals surface area contributed by atoms with Crippen molar-refractivity contribution in [3.8, 4) is 23.1 Å². The summed E-state index contributed by atoms with van der Waals surface area (Å²) < 4.78 is 22.8. The number of aromatic nitrogens is 2. The van der Waals surface area contributed by atoms with Gasteiger partial charge in [0.2, 0.25) is 5.89 Å². The largest absolute Gasteiger partial charge is 0.497 e. The number of nitrogens with zero attached hydrogens (tertiary/aromatic N) is 3. The first-order valence-corrected chi connectivity index (χ1v) is 9.51. The molecule has 1 atom stereocenters. The van der Waals surface area contributed by atoms with Crippen LogP contribution in [0.25, 0.3) is 11.7 Å². The van der Waals surface area contributed by atoms with Crippen LogP contribution in [-0.2, 0) is 6.54 Å². The van der Waals surface area contributed by atoms with Gasteiger partial charge in [0, 0.05) is 17.7 Å². The second-order valence-electron chi connectivity index (χ2n) is 6.34. The molecule has 3 heterocycles. The van der Waals surface area contributed by atoms with Crippen LogP contribution in [0.2, 0.25) is 0 Å². The van der Waals surface area contributed by atoms with E-state index >= 15 is 0 Å². The molecule has 0 bridgehead atoms. The minimum absolute atomic E-state index is 0.235. The number of furan rings is 1. The molecular weight excluding hydrogens is 414 g/mol. The lowest BCUT2D eigenvalue weighted by molar-refractivity contribution is 0.219. The third-order valence-electron chi connectivity index (χ3n) is 4.75. The molecule has 0 spiro atoms. The maximum atomic E-state index is 5.79. The van der Waals surface area contributed by atoms with Gasteiger partial charge in [-0.15, -0.1) is 10.2 Å². The van der Waals surface area contributed by atoms with Crippen LogP contribution in [0.15, 0.2) is 43.8 Å². The van der Waals surface area contributed by atoms with Gasteiger partial charge in [0.15, 0.2) is 10.4 Å². The molecule has 1 aliphatic heterocycles. The van der Waals surface area contributed by atoms with E-state index in [-0.39, 0.29) is 6.04 Å². The number of likely N-dealkylation sites (tertiary alicyclic amines) is 1. The Labute approximate surface area is 165 Å². The molecule has 0 amide bonds. The van der Waals surface area contributed by atoms with Crippen molar-refractivity contribution in [2.45, 2.75) is 25.4 Å². The number of rotatable bonds is 6. The van der Waals surface area contributed by atoms with E-state index in [1.165, 1.54) is 0 Å². The SMILES string of the molecule is COc1ccc(C2CCCN2Cc2nnc(-c3ccc(Br)o3)o2)c(OC)c1. The molecule has 0 N–H and O–H groups in total. The second-order valence-corrected chi connectivity index (χ2v) is 7.12. The predicted molar refractivity (Wildman–Crippen MR) is 102 cm³/mol. The number of methoxy groups -OCH3 is 2. The van der Waals surface area contributed by atoms with Crippen LogP contribution in [0, 0.1) is 0 Å². The van der Waals surface area contributed by atoms with Crippen molar-refractivity contribution in [3.05, 3.63) is 46.5 Å². The Morgan fingerprint density at radius 2 is 2.04 bits per heavy atom. The van der Waals surface area contributed by atoms with Crippen LogP contribution >= 0.6 is 15.9 Å². The van der Waals surface area contributed by atoms with Gasteiger partial charge in [0.25, 0.3) is 5.89 Å². The maximum Gasteiger partial charge on any atom is 0.283 e. The summed E-state index contributed by atoms with van der Waals surface area (Å²) in [6, 6.07) is 9.78. The van der Waals surface area contributed by atoms with E-state index in [1.807, 2.05) is 12.1 Å². The number of benzene rings is 1. The number of hydrogen-bond acceptors (Lipinski definition) is 7. The van der Waals surface area contributed by atoms with Gasteiger partial charge in [-0.25, -0.2) is 0 Å². The Balaban J connectivity index is 1.53. The summed E-state index contributed by atoms with van der Waals surface area (Å²) in [5.74, 6) is 3.12. The van der Waals surface area contributed by atoms with E-state index in [2.05, 4.69) is 37.1 Å². The molecule has 0 radical (unpaired) electrons. The minimum Gasteiger partial charge on any atom is -0.497 e. The molecule has 8 heteroatoms. The van der Waals surface area contributed by atoms with Gasteiger partial charge in [-0.2, -0.15) is 0 Å². The normalized spacial score (nSPS) is 17.4. The van der Waals surface area contributed by atoms with Crippen molar-refractivity contribution in [2.24, 2.45) is 0 Å². The molecule has 27 heavy (non-hydrogen) atoms. The quantitative estimate of drug-likeness (QED) is 0.568. The van der Waals surface area contributed by atoms with Crippen molar-refractivity contribution in [3.63, 3.8) is 0 Å². The van der Waals surface area contributed by atoms with Gasteiger partial charge in [-0.05, 0) is 53.5 Å². The third kappa shape index (κ3) is 3.72. The second kappa shape index (κ2) is 7.74. The molecule has 1 aromatic carbocycles. The zero-order valence-electron chi connectivity index (χ0n) is 15.1. The van der Waals surface area contributed by atoms with Crippen molar-refractivity contribution in [1.82, 2.24) is 15.1 Å². The molecule has 1 fully saturated rings. The summed E-state index contributed by atoms with van der Waals surface area (Å²) in [6.45, 7) is 1.54. The zero-order valence-corrected chi connectivity index (χ0v) is 16.7. The summed E-state index contributed by atoms with van der Waals surface area (Å²) in [5.41, 5.74) is 1.14. The zero-order chi connectivity index (χ0) is 18.8. The highest BCUT2D eigenvalue weighted by molar-refractivity contribution is 9.10. The van der Waals surface area contributed by atoms with Gasteiger partial charge in [-0.3, -0.25) is 4.90 Å². The highest BCUT2D eigenvalue weighted by atomic mass is 79.9. The van der Waals surface area contributed by atoms with E-state index in [0.29, 0.717) is 28.8 Å². The third-order valence-corrected chi connectivity index (χ3v) is 5.18. The van der Waals surface area contributed by atoms with Gasteiger partial charge in [0.1, 0.15) is 11.5 Å². The van der Waals surface area contributed by atoms with E-state index in [1.54, 1.807) is 26.4 Å². The lowest BCUT2D eigenvalue weighted by Crippen LogP contribution is -2.23. The molecule has 1 saturated heterocycles. The van der Waals surface area contributed by atoms with Gasteiger partial charge in [0.05, 0.1) is 20.8 Å². The average molecular weight is 434 g/mol. The van der Waals surface area contributed by atoms with E-state index < -0.39 is 0 Å². The first-order valence-electron chi connectivity index (χ1n) is 8.72. The standard InChI is InChI=1S/C19H20BrN3O4/c1-24-12-5-6-13(16(10-12)25-2)14-4-3-9-23(14)11-18-21-22-19(27-18)15-7-8-17(20)26-15/h5-8,10,14H,3-4,9,11H2,1-2H3. The molecule has 0 saturated carbocycles. The first kappa shape index (κ1) is 18.1. The highest BCUT2D eigenvalue weighted by Crippen LogP contribution is 2.39. The fourth-order valence-corrected chi connectivity index (χ4v) is 3.79. The Kier molecular flexibility index (Phi) is 5.18. The topological polar surface area (TPSA) is 73.8 Å². The lowest BCUT2D eigenvalue weighted by Gasteiger charge is -2.25.